The van der Waals surface area contributed by atoms with E-state index in [1.54, 1.807) is 0 Å². The number of hydrogen-bond donors (Lipinski definition) is 0. The van der Waals surface area contributed by atoms with Gasteiger partial charge < -0.3 is 0 Å². The van der Waals surface area contributed by atoms with Crippen molar-refractivity contribution in [1.29, 1.82) is 0 Å². The van der Waals surface area contributed by atoms with Crippen LogP contribution < -0.4 is 0 Å². The molecule has 2 heterocycles. The van der Waals surface area contributed by atoms with E-state index in [1.165, 1.54) is 55.5 Å². The number of aryl methyl sites for hydroxylation is 3. The fourth-order valence-electron chi connectivity index (χ4n) is 5.40. The Morgan fingerprint density at radius 2 is 1.31 bits per heavy atom. The highest BCUT2D eigenvalue weighted by molar-refractivity contribution is 5.62. The van der Waals surface area contributed by atoms with Gasteiger partial charge in [0.1, 0.15) is 0 Å². The summed E-state index contributed by atoms with van der Waals surface area (Å²) < 4.78 is 0. The fraction of sp³-hybridized carbons (Fsp3) is 0.333. The minimum Gasteiger partial charge on any atom is -0.299 e. The fourth-order valence-corrected chi connectivity index (χ4v) is 5.40. The molecule has 5 rings (SSSR count). The van der Waals surface area contributed by atoms with Crippen LogP contribution in [0.15, 0.2) is 97.1 Å². The number of piperidine rings is 1. The molecule has 0 radical (unpaired) electrons. The van der Waals surface area contributed by atoms with Crippen LogP contribution in [0.1, 0.15) is 48.1 Å². The van der Waals surface area contributed by atoms with Crippen molar-refractivity contribution in [2.75, 3.05) is 13.1 Å². The van der Waals surface area contributed by atoms with Crippen LogP contribution >= 0.6 is 0 Å². The molecule has 184 valence electrons. The van der Waals surface area contributed by atoms with Gasteiger partial charge in [0.05, 0.1) is 11.4 Å². The summed E-state index contributed by atoms with van der Waals surface area (Å²) in [6.07, 6.45) is 8.14. The van der Waals surface area contributed by atoms with E-state index in [-0.39, 0.29) is 0 Å². The standard InChI is InChI=1S/C33H37N3/c1-4-11-27(12-5-1)19-20-31-25-32(34-35-33(31)30-16-8-3-9-17-30)18-10-15-28-21-23-36(24-22-28)26-29-13-6-2-7-14-29/h1-9,11-14,16-17,25,28H,10,15,18-24,26H2. The van der Waals surface area contributed by atoms with Crippen molar-refractivity contribution < 1.29 is 0 Å². The van der Waals surface area contributed by atoms with Gasteiger partial charge in [-0.25, -0.2) is 0 Å². The Labute approximate surface area is 216 Å². The SMILES string of the molecule is c1ccc(CCc2cc(CCCC3CCN(Cc4ccccc4)CC3)nnc2-c2ccccc2)cc1. The summed E-state index contributed by atoms with van der Waals surface area (Å²) in [4.78, 5) is 2.61. The van der Waals surface area contributed by atoms with Crippen LogP contribution in [-0.2, 0) is 25.8 Å². The minimum absolute atomic E-state index is 0.839. The summed E-state index contributed by atoms with van der Waals surface area (Å²) in [5.74, 6) is 0.839. The summed E-state index contributed by atoms with van der Waals surface area (Å²) in [5.41, 5.74) is 7.43. The highest BCUT2D eigenvalue weighted by Crippen LogP contribution is 2.26. The van der Waals surface area contributed by atoms with Crippen LogP contribution in [0.4, 0.5) is 0 Å². The molecule has 0 atom stereocenters. The zero-order valence-corrected chi connectivity index (χ0v) is 21.2. The molecule has 1 saturated heterocycles. The van der Waals surface area contributed by atoms with Crippen molar-refractivity contribution in [2.24, 2.45) is 5.92 Å². The zero-order chi connectivity index (χ0) is 24.4. The van der Waals surface area contributed by atoms with Crippen molar-refractivity contribution in [2.45, 2.75) is 51.5 Å². The molecule has 0 N–H and O–H groups in total. The Morgan fingerprint density at radius 3 is 2.00 bits per heavy atom. The molecule has 1 aliphatic heterocycles. The quantitative estimate of drug-likeness (QED) is 0.244. The Hall–Kier alpha value is -3.30. The topological polar surface area (TPSA) is 29.0 Å². The van der Waals surface area contributed by atoms with E-state index in [4.69, 9.17) is 5.10 Å². The van der Waals surface area contributed by atoms with Gasteiger partial charge in [-0.1, -0.05) is 91.0 Å². The maximum Gasteiger partial charge on any atom is 0.0961 e. The third kappa shape index (κ3) is 6.89. The maximum absolute atomic E-state index is 4.72. The zero-order valence-electron chi connectivity index (χ0n) is 21.2. The van der Waals surface area contributed by atoms with Gasteiger partial charge in [0.25, 0.3) is 0 Å². The Kier molecular flexibility index (Phi) is 8.54. The van der Waals surface area contributed by atoms with Crippen LogP contribution in [-0.4, -0.2) is 28.2 Å². The normalized spacial score (nSPS) is 14.7. The van der Waals surface area contributed by atoms with Crippen LogP contribution in [0, 0.1) is 5.92 Å². The number of likely N-dealkylation sites (tertiary alicyclic amines) is 1. The number of benzene rings is 3. The predicted molar refractivity (Wildman–Crippen MR) is 149 cm³/mol. The lowest BCUT2D eigenvalue weighted by Crippen LogP contribution is -2.33. The Morgan fingerprint density at radius 1 is 0.667 bits per heavy atom. The Balaban J connectivity index is 1.15. The van der Waals surface area contributed by atoms with Crippen LogP contribution in [0.3, 0.4) is 0 Å². The minimum atomic E-state index is 0.839. The van der Waals surface area contributed by atoms with E-state index in [0.29, 0.717) is 0 Å². The molecule has 36 heavy (non-hydrogen) atoms. The molecular weight excluding hydrogens is 438 g/mol. The van der Waals surface area contributed by atoms with Gasteiger partial charge in [0.2, 0.25) is 0 Å². The van der Waals surface area contributed by atoms with E-state index in [1.807, 2.05) is 0 Å². The number of nitrogens with zero attached hydrogens (tertiary/aromatic N) is 3. The summed E-state index contributed by atoms with van der Waals surface area (Å²) >= 11 is 0. The lowest BCUT2D eigenvalue weighted by atomic mass is 9.91. The first kappa shape index (κ1) is 24.4. The van der Waals surface area contributed by atoms with Gasteiger partial charge >= 0.3 is 0 Å². The van der Waals surface area contributed by atoms with E-state index in [2.05, 4.69) is 107 Å². The molecule has 1 aromatic heterocycles. The highest BCUT2D eigenvalue weighted by atomic mass is 15.1. The predicted octanol–water partition coefficient (Wildman–Crippen LogP) is 7.16. The average Bonchev–Trinajstić information content (AvgIpc) is 2.95. The van der Waals surface area contributed by atoms with Crippen LogP contribution in [0.5, 0.6) is 0 Å². The molecule has 3 aromatic carbocycles. The van der Waals surface area contributed by atoms with Crippen LogP contribution in [0.2, 0.25) is 0 Å². The molecule has 0 saturated carbocycles. The van der Waals surface area contributed by atoms with E-state index in [0.717, 1.165) is 48.7 Å². The number of hydrogen-bond acceptors (Lipinski definition) is 3. The molecular formula is C33H37N3. The summed E-state index contributed by atoms with van der Waals surface area (Å²) in [6.45, 7) is 3.52. The highest BCUT2D eigenvalue weighted by Gasteiger charge is 2.19. The van der Waals surface area contributed by atoms with Crippen molar-refractivity contribution in [1.82, 2.24) is 15.1 Å². The second kappa shape index (κ2) is 12.6. The molecule has 0 unspecified atom stereocenters. The van der Waals surface area contributed by atoms with Crippen molar-refractivity contribution in [3.05, 3.63) is 119 Å². The molecule has 3 nitrogen and oxygen atoms in total. The molecule has 0 spiro atoms. The lowest BCUT2D eigenvalue weighted by molar-refractivity contribution is 0.171. The van der Waals surface area contributed by atoms with Crippen molar-refractivity contribution in [3.8, 4) is 11.3 Å². The number of rotatable bonds is 10. The Bertz CT molecular complexity index is 1180. The monoisotopic (exact) mass is 475 g/mol. The number of aromatic nitrogens is 2. The average molecular weight is 476 g/mol. The molecule has 1 aliphatic rings. The smallest absolute Gasteiger partial charge is 0.0961 e. The van der Waals surface area contributed by atoms with E-state index < -0.39 is 0 Å². The molecule has 0 aliphatic carbocycles. The first-order valence-electron chi connectivity index (χ1n) is 13.5. The maximum atomic E-state index is 4.72. The second-order valence-corrected chi connectivity index (χ2v) is 10.2. The third-order valence-corrected chi connectivity index (χ3v) is 7.50. The van der Waals surface area contributed by atoms with Crippen molar-refractivity contribution >= 4 is 0 Å². The van der Waals surface area contributed by atoms with Gasteiger partial charge in [-0.05, 0) is 86.7 Å². The summed E-state index contributed by atoms with van der Waals surface area (Å²) in [7, 11) is 0. The van der Waals surface area contributed by atoms with Gasteiger partial charge in [0.15, 0.2) is 0 Å². The molecule has 0 bridgehead atoms. The molecule has 3 heteroatoms. The molecule has 4 aromatic rings. The van der Waals surface area contributed by atoms with Gasteiger partial charge in [-0.3, -0.25) is 4.90 Å². The largest absolute Gasteiger partial charge is 0.299 e. The second-order valence-electron chi connectivity index (χ2n) is 10.2. The first-order chi connectivity index (χ1) is 17.8. The van der Waals surface area contributed by atoms with Gasteiger partial charge in [-0.15, -0.1) is 5.10 Å². The third-order valence-electron chi connectivity index (χ3n) is 7.50. The van der Waals surface area contributed by atoms with E-state index >= 15 is 0 Å². The first-order valence-corrected chi connectivity index (χ1v) is 13.5. The van der Waals surface area contributed by atoms with Gasteiger partial charge in [0, 0.05) is 12.1 Å². The van der Waals surface area contributed by atoms with Crippen molar-refractivity contribution in [3.63, 3.8) is 0 Å². The lowest BCUT2D eigenvalue weighted by Gasteiger charge is -2.32. The van der Waals surface area contributed by atoms with Gasteiger partial charge in [-0.2, -0.15) is 5.10 Å². The summed E-state index contributed by atoms with van der Waals surface area (Å²) in [6, 6.07) is 34.4. The summed E-state index contributed by atoms with van der Waals surface area (Å²) in [5, 5.41) is 9.37. The molecule has 0 amide bonds. The van der Waals surface area contributed by atoms with E-state index in [9.17, 15) is 0 Å². The molecule has 1 fully saturated rings. The van der Waals surface area contributed by atoms with Crippen LogP contribution in [0.25, 0.3) is 11.3 Å².